The minimum Gasteiger partial charge on any atom is -0.497 e. The van der Waals surface area contributed by atoms with Crippen molar-refractivity contribution < 1.29 is 28.8 Å². The lowest BCUT2D eigenvalue weighted by molar-refractivity contribution is 0.0697. The molecule has 0 bridgehead atoms. The van der Waals surface area contributed by atoms with Crippen LogP contribution in [0.15, 0.2) is 170 Å². The molecule has 0 amide bonds. The zero-order valence-corrected chi connectivity index (χ0v) is 53.4. The number of carboxylic acid groups (broad SMARTS) is 1. The van der Waals surface area contributed by atoms with Gasteiger partial charge in [-0.1, -0.05) is 125 Å². The predicted octanol–water partition coefficient (Wildman–Crippen LogP) is 20.9. The van der Waals surface area contributed by atoms with Crippen molar-refractivity contribution in [3.05, 3.63) is 187 Å². The van der Waals surface area contributed by atoms with Crippen LogP contribution in [0.3, 0.4) is 0 Å². The molecule has 0 radical (unpaired) electrons. The minimum absolute atomic E-state index is 0.252. The maximum atomic E-state index is 11.7. The van der Waals surface area contributed by atoms with Crippen LogP contribution >= 0.6 is 46.1 Å². The average Bonchev–Trinajstić information content (AvgIpc) is 2.89. The SMILES string of the molecule is CCCCCCc1cc(-c2ccc(-c3ccc(C(=O)O)cc3)c3nsnc23)sc1-c1sc(-c2ccc(-c3ccc(N(c4ccc(-c5ccc(OC)cc5OC)cc4)c4ccc(-c5ccc(OC)cc5OC)cc4)cc3)c3nsnc23)cc1CCCCCC. The van der Waals surface area contributed by atoms with Crippen LogP contribution in [0.4, 0.5) is 17.1 Å². The van der Waals surface area contributed by atoms with Crippen molar-refractivity contribution in [2.45, 2.75) is 78.1 Å². The van der Waals surface area contributed by atoms with Gasteiger partial charge in [0.1, 0.15) is 45.1 Å². The lowest BCUT2D eigenvalue weighted by Gasteiger charge is -2.26. The van der Waals surface area contributed by atoms with Gasteiger partial charge >= 0.3 is 5.97 Å². The lowest BCUT2D eigenvalue weighted by Crippen LogP contribution is -2.09. The molecular formula is C73H67N5O6S4. The number of fused-ring (bicyclic) bond motifs is 2. The van der Waals surface area contributed by atoms with Crippen molar-refractivity contribution in [3.63, 3.8) is 0 Å². The molecule has 88 heavy (non-hydrogen) atoms. The highest BCUT2D eigenvalue weighted by Gasteiger charge is 2.25. The molecule has 0 saturated carbocycles. The summed E-state index contributed by atoms with van der Waals surface area (Å²) in [6, 6.07) is 58.3. The van der Waals surface area contributed by atoms with Crippen LogP contribution in [0, 0.1) is 0 Å². The number of ether oxygens (including phenoxy) is 4. The van der Waals surface area contributed by atoms with Crippen LogP contribution in [0.5, 0.6) is 23.0 Å². The third kappa shape index (κ3) is 12.3. The Kier molecular flexibility index (Phi) is 18.4. The van der Waals surface area contributed by atoms with Crippen molar-refractivity contribution in [2.24, 2.45) is 0 Å². The highest BCUT2D eigenvalue weighted by molar-refractivity contribution is 7.25. The Bertz CT molecular complexity index is 4300. The van der Waals surface area contributed by atoms with E-state index in [2.05, 4.69) is 128 Å². The largest absolute Gasteiger partial charge is 0.497 e. The maximum absolute atomic E-state index is 11.7. The Morgan fingerprint density at radius 3 is 1.12 bits per heavy atom. The molecule has 4 aromatic heterocycles. The average molecular weight is 1240 g/mol. The normalized spacial score (nSPS) is 11.4. The van der Waals surface area contributed by atoms with Gasteiger partial charge in [-0.05, 0) is 144 Å². The molecule has 0 unspecified atom stereocenters. The molecule has 444 valence electrons. The van der Waals surface area contributed by atoms with E-state index in [-0.39, 0.29) is 5.56 Å². The van der Waals surface area contributed by atoms with Crippen LogP contribution in [-0.4, -0.2) is 57.0 Å². The number of aromatic nitrogens is 4. The van der Waals surface area contributed by atoms with Gasteiger partial charge in [0.2, 0.25) is 0 Å². The molecule has 0 aliphatic heterocycles. The Morgan fingerprint density at radius 2 is 0.761 bits per heavy atom. The summed E-state index contributed by atoms with van der Waals surface area (Å²) in [5.41, 5.74) is 19.5. The Hall–Kier alpha value is -8.73. The fourth-order valence-electron chi connectivity index (χ4n) is 11.6. The summed E-state index contributed by atoms with van der Waals surface area (Å²) >= 11 is 6.22. The van der Waals surface area contributed by atoms with Crippen LogP contribution in [0.25, 0.3) is 97.2 Å². The molecule has 0 spiro atoms. The van der Waals surface area contributed by atoms with Crippen molar-refractivity contribution in [2.75, 3.05) is 33.3 Å². The van der Waals surface area contributed by atoms with Crippen molar-refractivity contribution in [1.82, 2.24) is 17.5 Å². The lowest BCUT2D eigenvalue weighted by atomic mass is 9.98. The quantitative estimate of drug-likeness (QED) is 0.0549. The monoisotopic (exact) mass is 1240 g/mol. The first kappa shape index (κ1) is 59.6. The summed E-state index contributed by atoms with van der Waals surface area (Å²) in [7, 11) is 6.69. The highest BCUT2D eigenvalue weighted by Crippen LogP contribution is 2.50. The number of carbonyl (C=O) groups is 1. The molecule has 0 fully saturated rings. The number of aromatic carboxylic acids is 1. The van der Waals surface area contributed by atoms with Crippen LogP contribution in [0.1, 0.15) is 86.7 Å². The van der Waals surface area contributed by atoms with Gasteiger partial charge in [-0.2, -0.15) is 17.5 Å². The number of methoxy groups -OCH3 is 4. The highest BCUT2D eigenvalue weighted by atomic mass is 32.1. The van der Waals surface area contributed by atoms with Gasteiger partial charge < -0.3 is 29.0 Å². The van der Waals surface area contributed by atoms with Gasteiger partial charge in [-0.25, -0.2) is 4.79 Å². The summed E-state index contributed by atoms with van der Waals surface area (Å²) in [6.45, 7) is 4.54. The standard InChI is InChI=1S/C73H67N5O6S4/c1-7-9-11-13-15-50-41-65(61-39-37-59(67-69(61)76-87-74-67)47-17-19-49(20-18-47)73(79)80)85-71(50)72-51(16-14-12-10-8-2)42-66(86-72)62-40-38-60(68-70(62)77-88-75-68)48-25-31-54(32-26-48)78(52-27-21-45(22-28-52)57-35-33-55(81-3)43-63(57)83-5)53-29-23-46(24-30-53)58-36-34-56(82-4)44-64(58)84-6/h17-44H,7-16H2,1-6H3,(H,79,80). The number of rotatable bonds is 25. The molecule has 0 saturated heterocycles. The number of unbranched alkanes of at least 4 members (excludes halogenated alkanes) is 6. The maximum Gasteiger partial charge on any atom is 0.335 e. The summed E-state index contributed by atoms with van der Waals surface area (Å²) in [6.07, 6.45) is 11.4. The molecule has 8 aromatic carbocycles. The molecule has 11 nitrogen and oxygen atoms in total. The Labute approximate surface area is 530 Å². The summed E-state index contributed by atoms with van der Waals surface area (Å²) in [4.78, 5) is 19.0. The van der Waals surface area contributed by atoms with Crippen LogP contribution in [0.2, 0.25) is 0 Å². The van der Waals surface area contributed by atoms with E-state index >= 15 is 0 Å². The fraction of sp³-hybridized carbons (Fsp3) is 0.219. The first-order valence-corrected chi connectivity index (χ1v) is 32.9. The third-order valence-corrected chi connectivity index (χ3v) is 20.0. The first-order chi connectivity index (χ1) is 43.2. The Morgan fingerprint density at radius 1 is 0.409 bits per heavy atom. The molecular weight excluding hydrogens is 1170 g/mol. The number of carboxylic acids is 1. The number of hydrogen-bond acceptors (Lipinski definition) is 14. The predicted molar refractivity (Wildman–Crippen MR) is 366 cm³/mol. The second-order valence-electron chi connectivity index (χ2n) is 21.8. The van der Waals surface area contributed by atoms with Gasteiger partial charge in [-0.15, -0.1) is 22.7 Å². The smallest absolute Gasteiger partial charge is 0.335 e. The molecule has 0 aliphatic rings. The first-order valence-electron chi connectivity index (χ1n) is 29.8. The number of nitrogens with zero attached hydrogens (tertiary/aromatic N) is 5. The van der Waals surface area contributed by atoms with Gasteiger partial charge in [0, 0.05) is 82.1 Å². The van der Waals surface area contributed by atoms with E-state index in [4.69, 9.17) is 36.4 Å². The van der Waals surface area contributed by atoms with Crippen LogP contribution in [-0.2, 0) is 12.8 Å². The minimum atomic E-state index is -0.947. The van der Waals surface area contributed by atoms with E-state index in [1.165, 1.54) is 92.6 Å². The number of thiophene rings is 2. The Balaban J connectivity index is 0.894. The van der Waals surface area contributed by atoms with E-state index in [1.807, 2.05) is 71.2 Å². The summed E-state index contributed by atoms with van der Waals surface area (Å²) in [5, 5.41) is 9.58. The van der Waals surface area contributed by atoms with E-state index in [1.54, 1.807) is 40.6 Å². The molecule has 12 rings (SSSR count). The summed E-state index contributed by atoms with van der Waals surface area (Å²) in [5.74, 6) is 2.00. The second-order valence-corrected chi connectivity index (χ2v) is 24.9. The van der Waals surface area contributed by atoms with Gasteiger partial charge in [-0.3, -0.25) is 0 Å². The number of benzene rings is 8. The van der Waals surface area contributed by atoms with E-state index in [0.29, 0.717) is 0 Å². The zero-order chi connectivity index (χ0) is 60.7. The van der Waals surface area contributed by atoms with Gasteiger partial charge in [0.15, 0.2) is 0 Å². The van der Waals surface area contributed by atoms with Gasteiger partial charge in [0.25, 0.3) is 0 Å². The topological polar surface area (TPSA) is 129 Å². The molecule has 0 aliphatic carbocycles. The molecule has 0 atom stereocenters. The van der Waals surface area contributed by atoms with E-state index in [0.717, 1.165) is 143 Å². The second kappa shape index (κ2) is 27.1. The number of anilines is 3. The zero-order valence-electron chi connectivity index (χ0n) is 50.1. The van der Waals surface area contributed by atoms with Crippen LogP contribution < -0.4 is 23.8 Å². The molecule has 15 heteroatoms. The van der Waals surface area contributed by atoms with E-state index in [9.17, 15) is 9.90 Å². The summed E-state index contributed by atoms with van der Waals surface area (Å²) < 4.78 is 42.4. The van der Waals surface area contributed by atoms with Crippen molar-refractivity contribution >= 4 is 91.2 Å². The molecule has 4 heterocycles. The molecule has 1 N–H and O–H groups in total. The van der Waals surface area contributed by atoms with Crippen molar-refractivity contribution in [3.8, 4) is 98.1 Å². The molecule has 12 aromatic rings. The third-order valence-electron chi connectivity index (χ3n) is 16.4. The van der Waals surface area contributed by atoms with Crippen molar-refractivity contribution in [1.29, 1.82) is 0 Å². The number of aryl methyl sites for hydroxylation is 2. The fourth-order valence-corrected chi connectivity index (χ4v) is 15.5. The number of hydrogen-bond donors (Lipinski definition) is 1. The van der Waals surface area contributed by atoms with Gasteiger partial charge in [0.05, 0.1) is 57.5 Å². The van der Waals surface area contributed by atoms with E-state index < -0.39 is 5.97 Å².